The van der Waals surface area contributed by atoms with E-state index < -0.39 is 5.41 Å². The summed E-state index contributed by atoms with van der Waals surface area (Å²) in [6, 6.07) is 7.65. The zero-order valence-corrected chi connectivity index (χ0v) is 16.1. The first-order chi connectivity index (χ1) is 12.6. The van der Waals surface area contributed by atoms with Crippen molar-refractivity contribution in [2.45, 2.75) is 63.2 Å². The minimum atomic E-state index is -0.446. The predicted octanol–water partition coefficient (Wildman–Crippen LogP) is 3.96. The largest absolute Gasteiger partial charge is 0.354 e. The molecule has 0 radical (unpaired) electrons. The molecule has 0 heterocycles. The molecule has 3 rings (SSSR count). The molecule has 142 valence electrons. The van der Waals surface area contributed by atoms with Crippen LogP contribution < -0.4 is 10.6 Å². The van der Waals surface area contributed by atoms with Crippen LogP contribution in [0.2, 0.25) is 5.02 Å². The van der Waals surface area contributed by atoms with Crippen LogP contribution in [0.15, 0.2) is 24.3 Å². The molecule has 2 aliphatic rings. The monoisotopic (exact) mass is 376 g/mol. The van der Waals surface area contributed by atoms with Crippen molar-refractivity contribution in [1.82, 2.24) is 10.6 Å². The van der Waals surface area contributed by atoms with Gasteiger partial charge >= 0.3 is 0 Å². The Labute approximate surface area is 161 Å². The maximum Gasteiger partial charge on any atom is 0.230 e. The van der Waals surface area contributed by atoms with E-state index in [0.29, 0.717) is 18.1 Å². The lowest BCUT2D eigenvalue weighted by molar-refractivity contribution is -0.128. The Hall–Kier alpha value is -1.55. The summed E-state index contributed by atoms with van der Waals surface area (Å²) in [7, 11) is 0. The van der Waals surface area contributed by atoms with Gasteiger partial charge in [0.1, 0.15) is 0 Å². The first-order valence-corrected chi connectivity index (χ1v) is 10.3. The lowest BCUT2D eigenvalue weighted by Crippen LogP contribution is -2.45. The van der Waals surface area contributed by atoms with Crippen LogP contribution in [0.3, 0.4) is 0 Å². The van der Waals surface area contributed by atoms with Crippen molar-refractivity contribution in [3.05, 3.63) is 34.9 Å². The van der Waals surface area contributed by atoms with Gasteiger partial charge in [-0.1, -0.05) is 55.8 Å². The molecule has 2 amide bonds. The van der Waals surface area contributed by atoms with Crippen LogP contribution in [0, 0.1) is 5.92 Å². The number of carbonyl (C=O) groups is 2. The lowest BCUT2D eigenvalue weighted by atomic mass is 9.78. The Morgan fingerprint density at radius 2 is 1.54 bits per heavy atom. The van der Waals surface area contributed by atoms with Crippen LogP contribution in [0.25, 0.3) is 0 Å². The van der Waals surface area contributed by atoms with Crippen molar-refractivity contribution in [3.63, 3.8) is 0 Å². The molecule has 0 unspecified atom stereocenters. The second kappa shape index (κ2) is 8.90. The molecule has 0 bridgehead atoms. The highest BCUT2D eigenvalue weighted by molar-refractivity contribution is 6.30. The molecule has 0 atom stereocenters. The molecule has 2 aliphatic carbocycles. The molecule has 0 saturated heterocycles. The Kier molecular flexibility index (Phi) is 6.58. The van der Waals surface area contributed by atoms with Gasteiger partial charge in [0.25, 0.3) is 0 Å². The third-order valence-electron chi connectivity index (χ3n) is 5.97. The maximum absolute atomic E-state index is 12.9. The molecular formula is C21H29ClN2O2. The quantitative estimate of drug-likeness (QED) is 0.738. The SMILES string of the molecule is O=C(NCCNC(=O)C1(c2ccc(Cl)cc2)CCCC1)C1CCCCC1. The van der Waals surface area contributed by atoms with E-state index in [1.807, 2.05) is 24.3 Å². The van der Waals surface area contributed by atoms with Crippen molar-refractivity contribution in [3.8, 4) is 0 Å². The summed E-state index contributed by atoms with van der Waals surface area (Å²) >= 11 is 6.00. The number of nitrogens with one attached hydrogen (secondary N) is 2. The standard InChI is InChI=1S/C21H29ClN2O2/c22-18-10-8-17(9-11-18)21(12-4-5-13-21)20(26)24-15-14-23-19(25)16-6-2-1-3-7-16/h8-11,16H,1-7,12-15H2,(H,23,25)(H,24,26). The summed E-state index contributed by atoms with van der Waals surface area (Å²) in [6.45, 7) is 0.977. The lowest BCUT2D eigenvalue weighted by Gasteiger charge is -2.28. The van der Waals surface area contributed by atoms with Crippen LogP contribution in [0.5, 0.6) is 0 Å². The van der Waals surface area contributed by atoms with Gasteiger partial charge < -0.3 is 10.6 Å². The summed E-state index contributed by atoms with van der Waals surface area (Å²) < 4.78 is 0. The third kappa shape index (κ3) is 4.40. The number of hydrogen-bond donors (Lipinski definition) is 2. The van der Waals surface area contributed by atoms with Gasteiger partial charge in [-0.2, -0.15) is 0 Å². The Balaban J connectivity index is 1.51. The van der Waals surface area contributed by atoms with Crippen molar-refractivity contribution in [2.75, 3.05) is 13.1 Å². The first-order valence-electron chi connectivity index (χ1n) is 9.94. The number of rotatable bonds is 6. The van der Waals surface area contributed by atoms with Gasteiger partial charge in [0.15, 0.2) is 0 Å². The molecule has 1 aromatic rings. The third-order valence-corrected chi connectivity index (χ3v) is 6.23. The van der Waals surface area contributed by atoms with E-state index in [-0.39, 0.29) is 17.7 Å². The summed E-state index contributed by atoms with van der Waals surface area (Å²) in [5.74, 6) is 0.381. The summed E-state index contributed by atoms with van der Waals surface area (Å²) in [5.41, 5.74) is 0.598. The van der Waals surface area contributed by atoms with Crippen LogP contribution in [0.1, 0.15) is 63.4 Å². The smallest absolute Gasteiger partial charge is 0.230 e. The Morgan fingerprint density at radius 3 is 2.19 bits per heavy atom. The van der Waals surface area contributed by atoms with E-state index in [2.05, 4.69) is 10.6 Å². The molecule has 2 saturated carbocycles. The molecule has 0 aliphatic heterocycles. The number of amides is 2. The van der Waals surface area contributed by atoms with Gasteiger partial charge in [-0.3, -0.25) is 9.59 Å². The van der Waals surface area contributed by atoms with Gasteiger partial charge in [-0.25, -0.2) is 0 Å². The minimum absolute atomic E-state index is 0.0734. The highest BCUT2D eigenvalue weighted by Crippen LogP contribution is 2.41. The highest BCUT2D eigenvalue weighted by Gasteiger charge is 2.42. The topological polar surface area (TPSA) is 58.2 Å². The van der Waals surface area contributed by atoms with Crippen molar-refractivity contribution in [2.24, 2.45) is 5.92 Å². The van der Waals surface area contributed by atoms with E-state index in [4.69, 9.17) is 11.6 Å². The summed E-state index contributed by atoms with van der Waals surface area (Å²) in [5, 5.41) is 6.72. The minimum Gasteiger partial charge on any atom is -0.354 e. The second-order valence-electron chi connectivity index (χ2n) is 7.68. The van der Waals surface area contributed by atoms with Crippen molar-refractivity contribution >= 4 is 23.4 Å². The van der Waals surface area contributed by atoms with E-state index in [9.17, 15) is 9.59 Å². The number of halogens is 1. The van der Waals surface area contributed by atoms with Crippen LogP contribution >= 0.6 is 11.6 Å². The number of hydrogen-bond acceptors (Lipinski definition) is 2. The molecule has 5 heteroatoms. The first kappa shape index (κ1) is 19.2. The molecule has 26 heavy (non-hydrogen) atoms. The van der Waals surface area contributed by atoms with Crippen LogP contribution in [0.4, 0.5) is 0 Å². The van der Waals surface area contributed by atoms with E-state index in [1.54, 1.807) is 0 Å². The van der Waals surface area contributed by atoms with Crippen LogP contribution in [-0.2, 0) is 15.0 Å². The molecule has 1 aromatic carbocycles. The van der Waals surface area contributed by atoms with E-state index in [0.717, 1.165) is 56.9 Å². The Morgan fingerprint density at radius 1 is 0.923 bits per heavy atom. The molecule has 0 spiro atoms. The van der Waals surface area contributed by atoms with Crippen molar-refractivity contribution in [1.29, 1.82) is 0 Å². The summed E-state index contributed by atoms with van der Waals surface area (Å²) in [4.78, 5) is 25.1. The van der Waals surface area contributed by atoms with Crippen LogP contribution in [-0.4, -0.2) is 24.9 Å². The molecule has 2 N–H and O–H groups in total. The van der Waals surface area contributed by atoms with Gasteiger partial charge in [0.2, 0.25) is 11.8 Å². The molecule has 2 fully saturated rings. The molecule has 0 aromatic heterocycles. The fourth-order valence-corrected chi connectivity index (χ4v) is 4.56. The van der Waals surface area contributed by atoms with Gasteiger partial charge in [0.05, 0.1) is 5.41 Å². The fourth-order valence-electron chi connectivity index (χ4n) is 4.43. The van der Waals surface area contributed by atoms with Gasteiger partial charge in [-0.15, -0.1) is 0 Å². The predicted molar refractivity (Wildman–Crippen MR) is 104 cm³/mol. The molecular weight excluding hydrogens is 348 g/mol. The van der Waals surface area contributed by atoms with E-state index in [1.165, 1.54) is 6.42 Å². The Bertz CT molecular complexity index is 617. The maximum atomic E-state index is 12.9. The number of carbonyl (C=O) groups excluding carboxylic acids is 2. The fraction of sp³-hybridized carbons (Fsp3) is 0.619. The zero-order valence-electron chi connectivity index (χ0n) is 15.4. The van der Waals surface area contributed by atoms with Crippen molar-refractivity contribution < 1.29 is 9.59 Å². The van der Waals surface area contributed by atoms with Gasteiger partial charge in [-0.05, 0) is 43.4 Å². The number of benzene rings is 1. The molecule has 4 nitrogen and oxygen atoms in total. The normalized spacial score (nSPS) is 19.9. The average molecular weight is 377 g/mol. The summed E-state index contributed by atoms with van der Waals surface area (Å²) in [6.07, 6.45) is 9.41. The van der Waals surface area contributed by atoms with E-state index >= 15 is 0 Å². The second-order valence-corrected chi connectivity index (χ2v) is 8.11. The zero-order chi connectivity index (χ0) is 18.4. The van der Waals surface area contributed by atoms with Gasteiger partial charge in [0, 0.05) is 24.0 Å². The average Bonchev–Trinajstić information content (AvgIpc) is 3.17. The highest BCUT2D eigenvalue weighted by atomic mass is 35.5.